The number of carbonyl (C=O) groups is 2. The van der Waals surface area contributed by atoms with Crippen molar-refractivity contribution in [3.8, 4) is 0 Å². The van der Waals surface area contributed by atoms with Crippen LogP contribution in [-0.4, -0.2) is 59.7 Å². The Morgan fingerprint density at radius 1 is 1.29 bits per heavy atom. The molecule has 7 nitrogen and oxygen atoms in total. The fourth-order valence-corrected chi connectivity index (χ4v) is 3.04. The van der Waals surface area contributed by atoms with Gasteiger partial charge in [-0.1, -0.05) is 0 Å². The van der Waals surface area contributed by atoms with Gasteiger partial charge in [-0.2, -0.15) is 0 Å². The zero-order chi connectivity index (χ0) is 15.4. The topological polar surface area (TPSA) is 85.8 Å². The van der Waals surface area contributed by atoms with E-state index in [1.807, 2.05) is 6.92 Å². The number of hydrogen-bond acceptors (Lipinski definition) is 5. The largest absolute Gasteiger partial charge is 0.481 e. The van der Waals surface area contributed by atoms with Gasteiger partial charge in [0.1, 0.15) is 0 Å². The molecule has 1 fully saturated rings. The SMILES string of the molecule is Cc1nc(N2CCN(C(=O)NCCC(=O)O)CC2)sc1C. The summed E-state index contributed by atoms with van der Waals surface area (Å²) in [6.45, 7) is 6.97. The summed E-state index contributed by atoms with van der Waals surface area (Å²) < 4.78 is 0. The second kappa shape index (κ2) is 6.75. The molecule has 0 bridgehead atoms. The lowest BCUT2D eigenvalue weighted by atomic mass is 10.3. The van der Waals surface area contributed by atoms with Crippen LogP contribution in [0.15, 0.2) is 0 Å². The number of carboxylic acid groups (broad SMARTS) is 1. The number of hydrogen-bond donors (Lipinski definition) is 2. The van der Waals surface area contributed by atoms with Gasteiger partial charge in [0.15, 0.2) is 5.13 Å². The van der Waals surface area contributed by atoms with E-state index in [0.29, 0.717) is 13.1 Å². The number of anilines is 1. The number of carboxylic acids is 1. The van der Waals surface area contributed by atoms with Crippen LogP contribution in [0.2, 0.25) is 0 Å². The maximum Gasteiger partial charge on any atom is 0.317 e. The molecule has 0 saturated carbocycles. The summed E-state index contributed by atoms with van der Waals surface area (Å²) in [7, 11) is 0. The van der Waals surface area contributed by atoms with Crippen LogP contribution in [0.4, 0.5) is 9.93 Å². The molecule has 2 heterocycles. The third-order valence-electron chi connectivity index (χ3n) is 3.47. The number of carbonyl (C=O) groups excluding carboxylic acids is 1. The summed E-state index contributed by atoms with van der Waals surface area (Å²) in [5, 5.41) is 12.2. The Labute approximate surface area is 127 Å². The highest BCUT2D eigenvalue weighted by Crippen LogP contribution is 2.25. The zero-order valence-electron chi connectivity index (χ0n) is 12.3. The van der Waals surface area contributed by atoms with Gasteiger partial charge in [-0.15, -0.1) is 11.3 Å². The van der Waals surface area contributed by atoms with E-state index in [2.05, 4.69) is 22.1 Å². The average molecular weight is 312 g/mol. The van der Waals surface area contributed by atoms with Crippen molar-refractivity contribution in [3.05, 3.63) is 10.6 Å². The normalized spacial score (nSPS) is 15.1. The van der Waals surface area contributed by atoms with Gasteiger partial charge < -0.3 is 20.2 Å². The summed E-state index contributed by atoms with van der Waals surface area (Å²) in [5.41, 5.74) is 1.06. The van der Waals surface area contributed by atoms with Crippen molar-refractivity contribution < 1.29 is 14.7 Å². The van der Waals surface area contributed by atoms with Crippen molar-refractivity contribution in [2.45, 2.75) is 20.3 Å². The monoisotopic (exact) mass is 312 g/mol. The second-order valence-corrected chi connectivity index (χ2v) is 6.17. The number of thiazole rings is 1. The Balaban J connectivity index is 1.80. The molecule has 0 aliphatic carbocycles. The van der Waals surface area contributed by atoms with Crippen molar-refractivity contribution in [1.82, 2.24) is 15.2 Å². The van der Waals surface area contributed by atoms with E-state index < -0.39 is 5.97 Å². The molecule has 21 heavy (non-hydrogen) atoms. The Morgan fingerprint density at radius 3 is 2.48 bits per heavy atom. The summed E-state index contributed by atoms with van der Waals surface area (Å²) in [5.74, 6) is -0.908. The lowest BCUT2D eigenvalue weighted by molar-refractivity contribution is -0.136. The number of aliphatic carboxylic acids is 1. The van der Waals surface area contributed by atoms with Gasteiger partial charge in [-0.3, -0.25) is 4.79 Å². The highest BCUT2D eigenvalue weighted by Gasteiger charge is 2.23. The maximum atomic E-state index is 11.9. The van der Waals surface area contributed by atoms with Gasteiger partial charge in [0.05, 0.1) is 12.1 Å². The van der Waals surface area contributed by atoms with Gasteiger partial charge in [-0.25, -0.2) is 9.78 Å². The fraction of sp³-hybridized carbons (Fsp3) is 0.615. The predicted octanol–water partition coefficient (Wildman–Crippen LogP) is 1.07. The molecule has 1 saturated heterocycles. The molecule has 0 spiro atoms. The second-order valence-electron chi connectivity index (χ2n) is 4.99. The number of nitrogens with one attached hydrogen (secondary N) is 1. The van der Waals surface area contributed by atoms with E-state index in [4.69, 9.17) is 5.11 Å². The number of aromatic nitrogens is 1. The number of aryl methyl sites for hydroxylation is 2. The van der Waals surface area contributed by atoms with Gasteiger partial charge in [0.25, 0.3) is 0 Å². The van der Waals surface area contributed by atoms with Crippen LogP contribution in [0.25, 0.3) is 0 Å². The third kappa shape index (κ3) is 4.07. The molecular weight excluding hydrogens is 292 g/mol. The molecule has 116 valence electrons. The highest BCUT2D eigenvalue weighted by atomic mass is 32.1. The number of rotatable bonds is 4. The molecule has 1 aliphatic rings. The van der Waals surface area contributed by atoms with Crippen molar-refractivity contribution in [3.63, 3.8) is 0 Å². The fourth-order valence-electron chi connectivity index (χ4n) is 2.08. The van der Waals surface area contributed by atoms with Crippen LogP contribution in [0.3, 0.4) is 0 Å². The minimum absolute atomic E-state index is 0.0522. The van der Waals surface area contributed by atoms with Gasteiger partial charge in [-0.05, 0) is 13.8 Å². The van der Waals surface area contributed by atoms with Gasteiger partial charge in [0.2, 0.25) is 0 Å². The third-order valence-corrected chi connectivity index (χ3v) is 4.60. The van der Waals surface area contributed by atoms with E-state index in [0.717, 1.165) is 23.9 Å². The smallest absolute Gasteiger partial charge is 0.317 e. The minimum atomic E-state index is -0.908. The summed E-state index contributed by atoms with van der Waals surface area (Å²) in [4.78, 5) is 31.9. The van der Waals surface area contributed by atoms with Gasteiger partial charge in [0, 0.05) is 37.6 Å². The quantitative estimate of drug-likeness (QED) is 0.868. The Morgan fingerprint density at radius 2 is 1.95 bits per heavy atom. The summed E-state index contributed by atoms with van der Waals surface area (Å²) in [6.07, 6.45) is -0.0522. The molecule has 0 radical (unpaired) electrons. The van der Waals surface area contributed by atoms with Crippen molar-refractivity contribution >= 4 is 28.5 Å². The molecule has 0 unspecified atom stereocenters. The predicted molar refractivity (Wildman–Crippen MR) is 81.0 cm³/mol. The number of piperazine rings is 1. The molecule has 8 heteroatoms. The Kier molecular flexibility index (Phi) is 5.00. The molecule has 2 amide bonds. The standard InChI is InChI=1S/C13H20N4O3S/c1-9-10(2)21-13(15-9)17-7-5-16(6-8-17)12(20)14-4-3-11(18)19/h3-8H2,1-2H3,(H,14,20)(H,18,19). The zero-order valence-corrected chi connectivity index (χ0v) is 13.1. The molecule has 1 aromatic rings. The van der Waals surface area contributed by atoms with Gasteiger partial charge >= 0.3 is 12.0 Å². The van der Waals surface area contributed by atoms with Crippen LogP contribution >= 0.6 is 11.3 Å². The molecule has 1 aromatic heterocycles. The summed E-state index contributed by atoms with van der Waals surface area (Å²) in [6, 6.07) is -0.192. The van der Waals surface area contributed by atoms with Crippen LogP contribution in [0.5, 0.6) is 0 Å². The lowest BCUT2D eigenvalue weighted by Crippen LogP contribution is -2.52. The van der Waals surface area contributed by atoms with E-state index in [9.17, 15) is 9.59 Å². The maximum absolute atomic E-state index is 11.9. The molecule has 2 N–H and O–H groups in total. The van der Waals surface area contributed by atoms with Crippen molar-refractivity contribution in [2.75, 3.05) is 37.6 Å². The first-order valence-corrected chi connectivity index (χ1v) is 7.72. The molecule has 0 aromatic carbocycles. The van der Waals surface area contributed by atoms with Crippen LogP contribution in [-0.2, 0) is 4.79 Å². The Hall–Kier alpha value is -1.83. The number of amides is 2. The van der Waals surface area contributed by atoms with Crippen molar-refractivity contribution in [1.29, 1.82) is 0 Å². The van der Waals surface area contributed by atoms with E-state index in [1.54, 1.807) is 16.2 Å². The van der Waals surface area contributed by atoms with Crippen LogP contribution in [0.1, 0.15) is 17.0 Å². The first kappa shape index (κ1) is 15.6. The van der Waals surface area contributed by atoms with Crippen LogP contribution < -0.4 is 10.2 Å². The Bertz CT molecular complexity index is 504. The highest BCUT2D eigenvalue weighted by molar-refractivity contribution is 7.15. The molecule has 1 aliphatic heterocycles. The first-order chi connectivity index (χ1) is 9.97. The number of nitrogens with zero attached hydrogens (tertiary/aromatic N) is 3. The van der Waals surface area contributed by atoms with E-state index in [1.165, 1.54) is 4.88 Å². The van der Waals surface area contributed by atoms with Crippen molar-refractivity contribution in [2.24, 2.45) is 0 Å². The molecule has 2 rings (SSSR count). The van der Waals surface area contributed by atoms with E-state index in [-0.39, 0.29) is 19.0 Å². The molecule has 0 atom stereocenters. The summed E-state index contributed by atoms with van der Waals surface area (Å²) >= 11 is 1.68. The number of urea groups is 1. The average Bonchev–Trinajstić information content (AvgIpc) is 2.78. The van der Waals surface area contributed by atoms with E-state index >= 15 is 0 Å². The first-order valence-electron chi connectivity index (χ1n) is 6.91. The lowest BCUT2D eigenvalue weighted by Gasteiger charge is -2.34. The molecular formula is C13H20N4O3S. The van der Waals surface area contributed by atoms with Crippen LogP contribution in [0, 0.1) is 13.8 Å². The minimum Gasteiger partial charge on any atom is -0.481 e.